The molecule has 0 N–H and O–H groups in total. The third kappa shape index (κ3) is 3.30. The molecule has 0 aromatic heterocycles. The molecule has 0 fully saturated rings. The van der Waals surface area contributed by atoms with Crippen molar-refractivity contribution in [2.75, 3.05) is 27.1 Å². The van der Waals surface area contributed by atoms with E-state index in [1.807, 2.05) is 6.07 Å². The van der Waals surface area contributed by atoms with Crippen LogP contribution in [0.5, 0.6) is 11.5 Å². The zero-order valence-electron chi connectivity index (χ0n) is 14.6. The van der Waals surface area contributed by atoms with Gasteiger partial charge in [0.1, 0.15) is 6.61 Å². The van der Waals surface area contributed by atoms with Crippen molar-refractivity contribution in [1.29, 1.82) is 0 Å². The molecule has 7 heteroatoms. The molecular weight excluding hydrogens is 356 g/mol. The summed E-state index contributed by atoms with van der Waals surface area (Å²) in [7, 11) is -0.213. The van der Waals surface area contributed by atoms with Crippen molar-refractivity contribution in [3.8, 4) is 11.5 Å². The topological polar surface area (TPSA) is 78.9 Å². The van der Waals surface area contributed by atoms with E-state index in [1.165, 1.54) is 19.2 Å². The molecule has 26 heavy (non-hydrogen) atoms. The molecule has 3 rings (SSSR count). The number of methoxy groups -OCH3 is 2. The summed E-state index contributed by atoms with van der Waals surface area (Å²) in [4.78, 5) is 12.5. The quantitative estimate of drug-likeness (QED) is 0.749. The first-order valence-electron chi connectivity index (χ1n) is 7.78. The van der Waals surface area contributed by atoms with Crippen molar-refractivity contribution in [3.05, 3.63) is 53.6 Å². The molecule has 0 radical (unpaired) electrons. The molecule has 1 aliphatic rings. The van der Waals surface area contributed by atoms with Gasteiger partial charge in [-0.25, -0.2) is 13.2 Å². The van der Waals surface area contributed by atoms with Gasteiger partial charge >= 0.3 is 5.97 Å². The van der Waals surface area contributed by atoms with Gasteiger partial charge in [0.15, 0.2) is 21.3 Å². The second-order valence-corrected chi connectivity index (χ2v) is 7.81. The summed E-state index contributed by atoms with van der Waals surface area (Å²) in [6, 6.07) is 11.5. The van der Waals surface area contributed by atoms with Crippen LogP contribution in [0.2, 0.25) is 0 Å². The van der Waals surface area contributed by atoms with E-state index >= 15 is 0 Å². The summed E-state index contributed by atoms with van der Waals surface area (Å²) >= 11 is 0. The van der Waals surface area contributed by atoms with E-state index < -0.39 is 15.8 Å². The van der Waals surface area contributed by atoms with Gasteiger partial charge in [0.25, 0.3) is 0 Å². The highest BCUT2D eigenvalue weighted by molar-refractivity contribution is 7.90. The summed E-state index contributed by atoms with van der Waals surface area (Å²) in [5.74, 6) is 0.687. The largest absolute Gasteiger partial charge is 0.493 e. The van der Waals surface area contributed by atoms with Gasteiger partial charge in [0.05, 0.1) is 24.7 Å². The van der Waals surface area contributed by atoms with E-state index in [4.69, 9.17) is 14.2 Å². The third-order valence-electron chi connectivity index (χ3n) is 4.16. The molecule has 1 heterocycles. The second-order valence-electron chi connectivity index (χ2n) is 5.80. The summed E-state index contributed by atoms with van der Waals surface area (Å²) in [6.07, 6.45) is 1.14. The van der Waals surface area contributed by atoms with Gasteiger partial charge in [0, 0.05) is 11.8 Å². The van der Waals surface area contributed by atoms with Gasteiger partial charge in [-0.05, 0) is 35.4 Å². The lowest BCUT2D eigenvalue weighted by atomic mass is 9.96. The molecule has 0 spiro atoms. The second kappa shape index (κ2) is 6.84. The Bertz CT molecular complexity index is 987. The maximum atomic E-state index is 12.3. The fraction of sp³-hybridized carbons (Fsp3) is 0.211. The number of esters is 1. The molecule has 0 bridgehead atoms. The van der Waals surface area contributed by atoms with Gasteiger partial charge < -0.3 is 14.2 Å². The molecule has 0 amide bonds. The van der Waals surface area contributed by atoms with Crippen molar-refractivity contribution in [2.24, 2.45) is 0 Å². The number of sulfone groups is 1. The van der Waals surface area contributed by atoms with Gasteiger partial charge in [-0.15, -0.1) is 0 Å². The Morgan fingerprint density at radius 1 is 0.923 bits per heavy atom. The number of ether oxygens (including phenoxy) is 3. The highest BCUT2D eigenvalue weighted by atomic mass is 32.2. The number of rotatable bonds is 5. The molecular formula is C19H18O6S. The first kappa shape index (κ1) is 18.0. The smallest absolute Gasteiger partial charge is 0.339 e. The lowest BCUT2D eigenvalue weighted by Crippen LogP contribution is -2.00. The van der Waals surface area contributed by atoms with Crippen LogP contribution in [0.15, 0.2) is 47.4 Å². The summed E-state index contributed by atoms with van der Waals surface area (Å²) in [5.41, 5.74) is 2.50. The predicted molar refractivity (Wildman–Crippen MR) is 96.9 cm³/mol. The number of cyclic esters (lactones) is 1. The molecule has 0 saturated carbocycles. The Labute approximate surface area is 151 Å². The molecule has 0 aliphatic carbocycles. The van der Waals surface area contributed by atoms with Crippen LogP contribution in [-0.4, -0.2) is 41.5 Å². The van der Waals surface area contributed by atoms with Crippen LogP contribution < -0.4 is 9.47 Å². The van der Waals surface area contributed by atoms with Crippen LogP contribution >= 0.6 is 0 Å². The Hall–Kier alpha value is -2.80. The van der Waals surface area contributed by atoms with Crippen LogP contribution in [0, 0.1) is 0 Å². The average molecular weight is 374 g/mol. The number of benzene rings is 2. The molecule has 2 aromatic carbocycles. The standard InChI is InChI=1S/C19H18O6S/c1-23-16-9-6-13(10-17(16)24-2)15-11-25-19(20)18(15)12-4-7-14(8-5-12)26(3,21)22/h4-10H,11H2,1-3H3. The Morgan fingerprint density at radius 2 is 1.54 bits per heavy atom. The lowest BCUT2D eigenvalue weighted by Gasteiger charge is -2.10. The maximum absolute atomic E-state index is 12.3. The Kier molecular flexibility index (Phi) is 4.73. The highest BCUT2D eigenvalue weighted by Crippen LogP contribution is 2.37. The SMILES string of the molecule is COc1ccc(C2=C(c3ccc(S(C)(=O)=O)cc3)C(=O)OC2)cc1OC. The molecule has 6 nitrogen and oxygen atoms in total. The third-order valence-corrected chi connectivity index (χ3v) is 5.29. The molecule has 0 unspecified atom stereocenters. The Balaban J connectivity index is 2.10. The minimum absolute atomic E-state index is 0.136. The van der Waals surface area contributed by atoms with Crippen LogP contribution in [-0.2, 0) is 19.4 Å². The van der Waals surface area contributed by atoms with E-state index in [2.05, 4.69) is 0 Å². The fourth-order valence-corrected chi connectivity index (χ4v) is 3.45. The molecule has 0 saturated heterocycles. The minimum atomic E-state index is -3.30. The molecule has 0 atom stereocenters. The normalized spacial score (nSPS) is 14.3. The Morgan fingerprint density at radius 3 is 2.12 bits per heavy atom. The van der Waals surface area contributed by atoms with Crippen LogP contribution in [0.25, 0.3) is 11.1 Å². The summed E-state index contributed by atoms with van der Waals surface area (Å²) < 4.78 is 39.0. The van der Waals surface area contributed by atoms with Crippen LogP contribution in [0.4, 0.5) is 0 Å². The molecule has 1 aliphatic heterocycles. The number of hydrogen-bond acceptors (Lipinski definition) is 6. The number of carbonyl (C=O) groups excluding carboxylic acids is 1. The van der Waals surface area contributed by atoms with E-state index in [0.717, 1.165) is 11.8 Å². The van der Waals surface area contributed by atoms with Crippen molar-refractivity contribution in [2.45, 2.75) is 4.90 Å². The van der Waals surface area contributed by atoms with Crippen molar-refractivity contribution in [1.82, 2.24) is 0 Å². The van der Waals surface area contributed by atoms with E-state index in [0.29, 0.717) is 28.2 Å². The van der Waals surface area contributed by atoms with E-state index in [-0.39, 0.29) is 11.5 Å². The van der Waals surface area contributed by atoms with Gasteiger partial charge in [0.2, 0.25) is 0 Å². The van der Waals surface area contributed by atoms with Crippen LogP contribution in [0.3, 0.4) is 0 Å². The molecule has 2 aromatic rings. The van der Waals surface area contributed by atoms with E-state index in [1.54, 1.807) is 31.4 Å². The van der Waals surface area contributed by atoms with Gasteiger partial charge in [-0.1, -0.05) is 18.2 Å². The molecule has 136 valence electrons. The minimum Gasteiger partial charge on any atom is -0.493 e. The highest BCUT2D eigenvalue weighted by Gasteiger charge is 2.28. The maximum Gasteiger partial charge on any atom is 0.339 e. The summed E-state index contributed by atoms with van der Waals surface area (Å²) in [5, 5.41) is 0. The zero-order chi connectivity index (χ0) is 18.9. The first-order valence-corrected chi connectivity index (χ1v) is 9.67. The number of hydrogen-bond donors (Lipinski definition) is 0. The lowest BCUT2D eigenvalue weighted by molar-refractivity contribution is -0.133. The van der Waals surface area contributed by atoms with Crippen molar-refractivity contribution in [3.63, 3.8) is 0 Å². The van der Waals surface area contributed by atoms with Gasteiger partial charge in [-0.3, -0.25) is 0 Å². The zero-order valence-corrected chi connectivity index (χ0v) is 15.4. The fourth-order valence-electron chi connectivity index (χ4n) is 2.82. The summed E-state index contributed by atoms with van der Waals surface area (Å²) in [6.45, 7) is 0.136. The number of carbonyl (C=O) groups is 1. The van der Waals surface area contributed by atoms with Crippen molar-refractivity contribution >= 4 is 27.0 Å². The van der Waals surface area contributed by atoms with Gasteiger partial charge in [-0.2, -0.15) is 0 Å². The predicted octanol–water partition coefficient (Wildman–Crippen LogP) is 2.57. The average Bonchev–Trinajstić information content (AvgIpc) is 3.02. The first-order chi connectivity index (χ1) is 12.3. The van der Waals surface area contributed by atoms with Crippen LogP contribution in [0.1, 0.15) is 11.1 Å². The van der Waals surface area contributed by atoms with E-state index in [9.17, 15) is 13.2 Å². The monoisotopic (exact) mass is 374 g/mol. The van der Waals surface area contributed by atoms with Crippen molar-refractivity contribution < 1.29 is 27.4 Å².